The van der Waals surface area contributed by atoms with Gasteiger partial charge in [0.1, 0.15) is 11.4 Å². The molecule has 1 aromatic carbocycles. The lowest BCUT2D eigenvalue weighted by Gasteiger charge is -2.11. The third kappa shape index (κ3) is 2.81. The van der Waals surface area contributed by atoms with Crippen molar-refractivity contribution < 1.29 is 14.6 Å². The van der Waals surface area contributed by atoms with E-state index < -0.39 is 5.97 Å². The minimum atomic E-state index is -1.01. The lowest BCUT2D eigenvalue weighted by molar-refractivity contribution is 0.0684. The van der Waals surface area contributed by atoms with Crippen molar-refractivity contribution in [2.75, 3.05) is 7.11 Å². The van der Waals surface area contributed by atoms with Crippen molar-refractivity contribution in [3.63, 3.8) is 0 Å². The van der Waals surface area contributed by atoms with Crippen LogP contribution in [0.2, 0.25) is 0 Å². The van der Waals surface area contributed by atoms with E-state index in [1.165, 1.54) is 4.68 Å². The van der Waals surface area contributed by atoms with E-state index in [4.69, 9.17) is 4.74 Å². The highest BCUT2D eigenvalue weighted by Crippen LogP contribution is 2.33. The maximum Gasteiger partial charge on any atom is 0.354 e. The molecule has 1 aromatic heterocycles. The first-order chi connectivity index (χ1) is 9.97. The van der Waals surface area contributed by atoms with Crippen LogP contribution in [0.5, 0.6) is 5.75 Å². The molecule has 0 saturated carbocycles. The number of aryl methyl sites for hydroxylation is 2. The molecule has 2 rings (SSSR count). The van der Waals surface area contributed by atoms with E-state index in [1.807, 2.05) is 26.0 Å². The molecular weight excluding hydrogens is 268 g/mol. The summed E-state index contributed by atoms with van der Waals surface area (Å²) >= 11 is 0. The molecule has 110 valence electrons. The number of nitrogens with zero attached hydrogens (tertiary/aromatic N) is 2. The van der Waals surface area contributed by atoms with Gasteiger partial charge in [-0.25, -0.2) is 4.79 Å². The van der Waals surface area contributed by atoms with Crippen LogP contribution in [0.3, 0.4) is 0 Å². The number of allylic oxidation sites excluding steroid dienone is 1. The van der Waals surface area contributed by atoms with Crippen molar-refractivity contribution in [3.8, 4) is 17.0 Å². The normalized spacial score (nSPS) is 10.4. The number of carbonyl (C=O) groups is 1. The Balaban J connectivity index is 2.64. The van der Waals surface area contributed by atoms with Crippen LogP contribution in [0.15, 0.2) is 30.9 Å². The maximum atomic E-state index is 11.3. The van der Waals surface area contributed by atoms with Gasteiger partial charge in [0.25, 0.3) is 0 Å². The number of carboxylic acids is 1. The van der Waals surface area contributed by atoms with E-state index in [9.17, 15) is 9.90 Å². The molecule has 0 saturated heterocycles. The molecule has 0 spiro atoms. The quantitative estimate of drug-likeness (QED) is 0.858. The van der Waals surface area contributed by atoms with E-state index in [1.54, 1.807) is 19.3 Å². The Morgan fingerprint density at radius 2 is 2.14 bits per heavy atom. The highest BCUT2D eigenvalue weighted by atomic mass is 16.5. The third-order valence-corrected chi connectivity index (χ3v) is 3.20. The van der Waals surface area contributed by atoms with E-state index in [0.717, 1.165) is 16.7 Å². The number of benzene rings is 1. The van der Waals surface area contributed by atoms with Crippen LogP contribution in [0, 0.1) is 13.8 Å². The second kappa shape index (κ2) is 5.83. The predicted molar refractivity (Wildman–Crippen MR) is 80.8 cm³/mol. The Morgan fingerprint density at radius 1 is 1.43 bits per heavy atom. The average Bonchev–Trinajstić information content (AvgIpc) is 2.82. The van der Waals surface area contributed by atoms with Crippen LogP contribution in [0.25, 0.3) is 11.3 Å². The number of methoxy groups -OCH3 is 1. The summed E-state index contributed by atoms with van der Waals surface area (Å²) in [6.07, 6.45) is 1.61. The highest BCUT2D eigenvalue weighted by Gasteiger charge is 2.18. The summed E-state index contributed by atoms with van der Waals surface area (Å²) in [5, 5.41) is 13.6. The molecule has 2 aromatic rings. The molecule has 0 aliphatic carbocycles. The summed E-state index contributed by atoms with van der Waals surface area (Å²) in [5.41, 5.74) is 3.56. The molecule has 5 nitrogen and oxygen atoms in total. The lowest BCUT2D eigenvalue weighted by atomic mass is 10.0. The molecule has 0 aliphatic rings. The minimum Gasteiger partial charge on any atom is -0.496 e. The Kier molecular flexibility index (Phi) is 4.12. The third-order valence-electron chi connectivity index (χ3n) is 3.20. The van der Waals surface area contributed by atoms with Crippen LogP contribution in [-0.2, 0) is 6.54 Å². The van der Waals surface area contributed by atoms with Crippen LogP contribution in [-0.4, -0.2) is 28.0 Å². The number of ether oxygens (including phenoxy) is 1. The molecule has 0 fully saturated rings. The largest absolute Gasteiger partial charge is 0.496 e. The molecule has 0 radical (unpaired) electrons. The van der Waals surface area contributed by atoms with Crippen molar-refractivity contribution in [2.24, 2.45) is 0 Å². The van der Waals surface area contributed by atoms with Crippen molar-refractivity contribution in [2.45, 2.75) is 20.4 Å². The number of hydrogen-bond donors (Lipinski definition) is 1. The molecule has 21 heavy (non-hydrogen) atoms. The van der Waals surface area contributed by atoms with Gasteiger partial charge in [0.2, 0.25) is 0 Å². The molecule has 0 aliphatic heterocycles. The predicted octanol–water partition coefficient (Wildman–Crippen LogP) is 3.06. The molecule has 5 heteroatoms. The Bertz CT molecular complexity index is 702. The second-order valence-corrected chi connectivity index (χ2v) is 4.85. The van der Waals surface area contributed by atoms with Crippen molar-refractivity contribution >= 4 is 5.97 Å². The van der Waals surface area contributed by atoms with E-state index in [-0.39, 0.29) is 5.69 Å². The van der Waals surface area contributed by atoms with Gasteiger partial charge < -0.3 is 9.84 Å². The van der Waals surface area contributed by atoms with Crippen LogP contribution >= 0.6 is 0 Å². The standard InChI is InChI=1S/C16H18N2O3/c1-5-6-18-14(16(19)20)9-13(17-18)12-8-10(2)7-11(3)15(12)21-4/h5,7-9H,1,6H2,2-4H3,(H,19,20). The Hall–Kier alpha value is -2.56. The fourth-order valence-electron chi connectivity index (χ4n) is 2.40. The van der Waals surface area contributed by atoms with Gasteiger partial charge in [0.05, 0.1) is 19.3 Å². The van der Waals surface area contributed by atoms with Gasteiger partial charge in [-0.15, -0.1) is 6.58 Å². The Morgan fingerprint density at radius 3 is 2.71 bits per heavy atom. The molecule has 0 amide bonds. The van der Waals surface area contributed by atoms with Crippen molar-refractivity contribution in [1.82, 2.24) is 9.78 Å². The van der Waals surface area contributed by atoms with Gasteiger partial charge in [-0.1, -0.05) is 12.1 Å². The zero-order valence-electron chi connectivity index (χ0n) is 12.4. The fourth-order valence-corrected chi connectivity index (χ4v) is 2.40. The number of aromatic carboxylic acids is 1. The summed E-state index contributed by atoms with van der Waals surface area (Å²) in [7, 11) is 1.60. The SMILES string of the molecule is C=CCn1nc(-c2cc(C)cc(C)c2OC)cc1C(=O)O. The van der Waals surface area contributed by atoms with E-state index in [0.29, 0.717) is 18.0 Å². The number of rotatable bonds is 5. The number of carboxylic acid groups (broad SMARTS) is 1. The van der Waals surface area contributed by atoms with Gasteiger partial charge in [-0.05, 0) is 37.1 Å². The monoisotopic (exact) mass is 286 g/mol. The van der Waals surface area contributed by atoms with Crippen LogP contribution in [0.4, 0.5) is 0 Å². The number of aromatic nitrogens is 2. The summed E-state index contributed by atoms with van der Waals surface area (Å²) in [6, 6.07) is 5.52. The summed E-state index contributed by atoms with van der Waals surface area (Å²) < 4.78 is 6.86. The minimum absolute atomic E-state index is 0.131. The van der Waals surface area contributed by atoms with Gasteiger partial charge in [0.15, 0.2) is 0 Å². The summed E-state index contributed by atoms with van der Waals surface area (Å²) in [4.78, 5) is 11.3. The fraction of sp³-hybridized carbons (Fsp3) is 0.250. The van der Waals surface area contributed by atoms with Gasteiger partial charge >= 0.3 is 5.97 Å². The van der Waals surface area contributed by atoms with Gasteiger partial charge in [-0.2, -0.15) is 5.10 Å². The first-order valence-electron chi connectivity index (χ1n) is 6.55. The Labute approximate surface area is 123 Å². The van der Waals surface area contributed by atoms with E-state index >= 15 is 0 Å². The van der Waals surface area contributed by atoms with Gasteiger partial charge in [-0.3, -0.25) is 4.68 Å². The van der Waals surface area contributed by atoms with Crippen LogP contribution in [0.1, 0.15) is 21.6 Å². The smallest absolute Gasteiger partial charge is 0.354 e. The summed E-state index contributed by atoms with van der Waals surface area (Å²) in [5.74, 6) is -0.306. The molecule has 0 unspecified atom stereocenters. The topological polar surface area (TPSA) is 64.4 Å². The zero-order valence-corrected chi connectivity index (χ0v) is 12.4. The van der Waals surface area contributed by atoms with Gasteiger partial charge in [0, 0.05) is 5.56 Å². The van der Waals surface area contributed by atoms with Crippen molar-refractivity contribution in [3.05, 3.63) is 47.7 Å². The molecule has 0 bridgehead atoms. The van der Waals surface area contributed by atoms with E-state index in [2.05, 4.69) is 11.7 Å². The molecule has 0 atom stereocenters. The molecule has 1 heterocycles. The first-order valence-corrected chi connectivity index (χ1v) is 6.55. The lowest BCUT2D eigenvalue weighted by Crippen LogP contribution is -2.08. The summed E-state index contributed by atoms with van der Waals surface area (Å²) in [6.45, 7) is 7.90. The molecule has 1 N–H and O–H groups in total. The number of hydrogen-bond acceptors (Lipinski definition) is 3. The first kappa shape index (κ1) is 14.8. The van der Waals surface area contributed by atoms with Crippen molar-refractivity contribution in [1.29, 1.82) is 0 Å². The highest BCUT2D eigenvalue weighted by molar-refractivity contribution is 5.88. The maximum absolute atomic E-state index is 11.3. The zero-order chi connectivity index (χ0) is 15.6. The molecular formula is C16H18N2O3. The van der Waals surface area contributed by atoms with Crippen LogP contribution < -0.4 is 4.74 Å². The second-order valence-electron chi connectivity index (χ2n) is 4.85. The average molecular weight is 286 g/mol.